The molecule has 146 valence electrons. The molecule has 27 heavy (non-hydrogen) atoms. The number of hydrogen-bond acceptors (Lipinski definition) is 6. The summed E-state index contributed by atoms with van der Waals surface area (Å²) in [5, 5.41) is 11.9. The zero-order valence-electron chi connectivity index (χ0n) is 15.7. The molecule has 3 rings (SSSR count). The fourth-order valence-electron chi connectivity index (χ4n) is 3.21. The predicted octanol–water partition coefficient (Wildman–Crippen LogP) is 2.14. The Morgan fingerprint density at radius 1 is 1.33 bits per heavy atom. The Morgan fingerprint density at radius 2 is 2.11 bits per heavy atom. The first-order valence-electron chi connectivity index (χ1n) is 8.82. The van der Waals surface area contributed by atoms with Crippen LogP contribution in [0.4, 0.5) is 5.69 Å². The predicted molar refractivity (Wildman–Crippen MR) is 107 cm³/mol. The molecule has 1 aromatic carbocycles. The highest BCUT2D eigenvalue weighted by atomic mass is 32.2. The molecular formula is C18H24N4O3S2. The fourth-order valence-corrected chi connectivity index (χ4v) is 5.80. The van der Waals surface area contributed by atoms with Crippen LogP contribution >= 0.6 is 11.8 Å². The highest BCUT2D eigenvalue weighted by Gasteiger charge is 2.29. The van der Waals surface area contributed by atoms with E-state index in [9.17, 15) is 13.2 Å². The van der Waals surface area contributed by atoms with Crippen LogP contribution in [0.1, 0.15) is 23.4 Å². The Balaban J connectivity index is 1.55. The van der Waals surface area contributed by atoms with Crippen LogP contribution in [-0.4, -0.2) is 46.3 Å². The molecule has 0 radical (unpaired) electrons. The Morgan fingerprint density at radius 3 is 2.78 bits per heavy atom. The van der Waals surface area contributed by atoms with Gasteiger partial charge in [0.25, 0.3) is 0 Å². The summed E-state index contributed by atoms with van der Waals surface area (Å²) >= 11 is 1.32. The average Bonchev–Trinajstić information content (AvgIpc) is 3.11. The molecule has 7 nitrogen and oxygen atoms in total. The molecule has 2 heterocycles. The largest absolute Gasteiger partial charge is 0.325 e. The number of rotatable bonds is 6. The molecule has 1 aliphatic rings. The maximum absolute atomic E-state index is 12.2. The zero-order valence-corrected chi connectivity index (χ0v) is 17.4. The summed E-state index contributed by atoms with van der Waals surface area (Å²) in [5.41, 5.74) is 3.00. The number of sulfone groups is 1. The zero-order chi connectivity index (χ0) is 19.6. The van der Waals surface area contributed by atoms with Gasteiger partial charge in [-0.2, -0.15) is 0 Å². The van der Waals surface area contributed by atoms with E-state index in [0.717, 1.165) is 22.6 Å². The van der Waals surface area contributed by atoms with Gasteiger partial charge < -0.3 is 9.88 Å². The second-order valence-corrected chi connectivity index (χ2v) is 10.3. The van der Waals surface area contributed by atoms with Crippen molar-refractivity contribution >= 4 is 33.2 Å². The minimum Gasteiger partial charge on any atom is -0.325 e. The second kappa shape index (κ2) is 8.02. The summed E-state index contributed by atoms with van der Waals surface area (Å²) in [6.07, 6.45) is 1.27. The molecule has 0 saturated carbocycles. The van der Waals surface area contributed by atoms with Crippen molar-refractivity contribution in [1.29, 1.82) is 0 Å². The molecule has 0 unspecified atom stereocenters. The second-order valence-electron chi connectivity index (χ2n) is 7.09. The quantitative estimate of drug-likeness (QED) is 0.736. The van der Waals surface area contributed by atoms with E-state index in [1.54, 1.807) is 0 Å². The molecule has 1 aromatic heterocycles. The lowest BCUT2D eigenvalue weighted by atomic mass is 10.1. The molecule has 0 spiro atoms. The van der Waals surface area contributed by atoms with Crippen molar-refractivity contribution in [3.05, 3.63) is 35.2 Å². The van der Waals surface area contributed by atoms with Crippen molar-refractivity contribution in [3.8, 4) is 0 Å². The molecule has 1 atom stereocenters. The average molecular weight is 409 g/mol. The van der Waals surface area contributed by atoms with Gasteiger partial charge in [0.05, 0.1) is 17.3 Å². The summed E-state index contributed by atoms with van der Waals surface area (Å²) < 4.78 is 25.0. The highest BCUT2D eigenvalue weighted by Crippen LogP contribution is 2.24. The van der Waals surface area contributed by atoms with Crippen LogP contribution in [0.25, 0.3) is 0 Å². The molecule has 9 heteroatoms. The third-order valence-corrected chi connectivity index (χ3v) is 7.57. The molecule has 0 aliphatic carbocycles. The van der Waals surface area contributed by atoms with E-state index in [0.29, 0.717) is 18.0 Å². The van der Waals surface area contributed by atoms with Crippen molar-refractivity contribution in [2.45, 2.75) is 31.8 Å². The number of anilines is 1. The van der Waals surface area contributed by atoms with Crippen LogP contribution in [0.3, 0.4) is 0 Å². The van der Waals surface area contributed by atoms with Gasteiger partial charge in [-0.3, -0.25) is 4.79 Å². The number of nitrogens with zero attached hydrogens (tertiary/aromatic N) is 3. The van der Waals surface area contributed by atoms with Gasteiger partial charge in [0.1, 0.15) is 5.82 Å². The van der Waals surface area contributed by atoms with Crippen molar-refractivity contribution in [2.75, 3.05) is 22.6 Å². The lowest BCUT2D eigenvalue weighted by molar-refractivity contribution is -0.113. The Bertz CT molecular complexity index is 954. The standard InChI is InChI=1S/C18H24N4O3S2/c1-12-4-5-15(13(2)8-12)19-17(23)10-26-18-21-20-16(22(18)3)9-14-6-7-27(24,25)11-14/h4-5,8,14H,6-7,9-11H2,1-3H3,(H,19,23)/t14-/m1/s1. The van der Waals surface area contributed by atoms with Crippen LogP contribution in [-0.2, 0) is 28.1 Å². The van der Waals surface area contributed by atoms with E-state index in [4.69, 9.17) is 0 Å². The van der Waals surface area contributed by atoms with Gasteiger partial charge in [0, 0.05) is 19.2 Å². The van der Waals surface area contributed by atoms with Crippen molar-refractivity contribution in [1.82, 2.24) is 14.8 Å². The maximum atomic E-state index is 12.2. The third kappa shape index (κ3) is 5.10. The third-order valence-electron chi connectivity index (χ3n) is 4.71. The summed E-state index contributed by atoms with van der Waals surface area (Å²) in [6.45, 7) is 3.98. The summed E-state index contributed by atoms with van der Waals surface area (Å²) in [7, 11) is -1.04. The van der Waals surface area contributed by atoms with E-state index >= 15 is 0 Å². The minimum atomic E-state index is -2.89. The van der Waals surface area contributed by atoms with E-state index in [2.05, 4.69) is 15.5 Å². The van der Waals surface area contributed by atoms with Gasteiger partial charge in [0.2, 0.25) is 5.91 Å². The number of carbonyl (C=O) groups excluding carboxylic acids is 1. The number of hydrogen-bond donors (Lipinski definition) is 1. The molecule has 1 aliphatic heterocycles. The number of amides is 1. The Hall–Kier alpha value is -1.87. The van der Waals surface area contributed by atoms with Crippen molar-refractivity contribution in [3.63, 3.8) is 0 Å². The number of carbonyl (C=O) groups is 1. The van der Waals surface area contributed by atoms with E-state index < -0.39 is 9.84 Å². The number of thioether (sulfide) groups is 1. The smallest absolute Gasteiger partial charge is 0.234 e. The first-order chi connectivity index (χ1) is 12.7. The molecule has 0 bridgehead atoms. The highest BCUT2D eigenvalue weighted by molar-refractivity contribution is 7.99. The molecule has 1 N–H and O–H groups in total. The van der Waals surface area contributed by atoms with E-state index in [1.807, 2.05) is 43.7 Å². The monoisotopic (exact) mass is 408 g/mol. The van der Waals surface area contributed by atoms with E-state index in [-0.39, 0.29) is 29.1 Å². The van der Waals surface area contributed by atoms with Crippen LogP contribution in [0.2, 0.25) is 0 Å². The first kappa shape index (κ1) is 19.9. The molecule has 1 fully saturated rings. The van der Waals surface area contributed by atoms with Crippen LogP contribution in [0.5, 0.6) is 0 Å². The number of aromatic nitrogens is 3. The van der Waals surface area contributed by atoms with Crippen molar-refractivity contribution in [2.24, 2.45) is 13.0 Å². The van der Waals surface area contributed by atoms with Gasteiger partial charge in [-0.1, -0.05) is 29.5 Å². The van der Waals surface area contributed by atoms with Crippen LogP contribution in [0.15, 0.2) is 23.4 Å². The topological polar surface area (TPSA) is 94.0 Å². The summed E-state index contributed by atoms with van der Waals surface area (Å²) in [5.74, 6) is 1.48. The van der Waals surface area contributed by atoms with Crippen molar-refractivity contribution < 1.29 is 13.2 Å². The lowest BCUT2D eigenvalue weighted by Gasteiger charge is -2.09. The molecule has 1 amide bonds. The summed E-state index contributed by atoms with van der Waals surface area (Å²) in [6, 6.07) is 5.90. The summed E-state index contributed by atoms with van der Waals surface area (Å²) in [4.78, 5) is 12.2. The lowest BCUT2D eigenvalue weighted by Crippen LogP contribution is -2.15. The molecule has 1 saturated heterocycles. The maximum Gasteiger partial charge on any atom is 0.234 e. The number of benzene rings is 1. The van der Waals surface area contributed by atoms with Crippen LogP contribution < -0.4 is 5.32 Å². The van der Waals surface area contributed by atoms with E-state index in [1.165, 1.54) is 11.8 Å². The van der Waals surface area contributed by atoms with Gasteiger partial charge >= 0.3 is 0 Å². The minimum absolute atomic E-state index is 0.0987. The number of nitrogens with one attached hydrogen (secondary N) is 1. The number of aryl methyl sites for hydroxylation is 2. The fraction of sp³-hybridized carbons (Fsp3) is 0.500. The Kier molecular flexibility index (Phi) is 5.90. The first-order valence-corrected chi connectivity index (χ1v) is 11.6. The van der Waals surface area contributed by atoms with Gasteiger partial charge in [-0.25, -0.2) is 8.42 Å². The Labute approximate surface area is 163 Å². The normalized spacial score (nSPS) is 18.6. The van der Waals surface area contributed by atoms with Crippen LogP contribution in [0, 0.1) is 19.8 Å². The SMILES string of the molecule is Cc1ccc(NC(=O)CSc2nnc(C[C@H]3CCS(=O)(=O)C3)n2C)c(C)c1. The van der Waals surface area contributed by atoms with Gasteiger partial charge in [0.15, 0.2) is 15.0 Å². The van der Waals surface area contributed by atoms with Gasteiger partial charge in [-0.05, 0) is 37.8 Å². The molecule has 2 aromatic rings. The molecular weight excluding hydrogens is 384 g/mol. The van der Waals surface area contributed by atoms with Gasteiger partial charge in [-0.15, -0.1) is 10.2 Å².